The normalized spacial score (nSPS) is 23.8. The first-order valence-corrected chi connectivity index (χ1v) is 7.79. The molecule has 2 rings (SSSR count). The molecule has 0 saturated carbocycles. The van der Waals surface area contributed by atoms with Crippen LogP contribution in [0.4, 0.5) is 8.78 Å². The Labute approximate surface area is 117 Å². The number of rotatable bonds is 2. The van der Waals surface area contributed by atoms with Crippen LogP contribution in [0.1, 0.15) is 20.3 Å². The van der Waals surface area contributed by atoms with Gasteiger partial charge in [0.1, 0.15) is 16.5 Å². The number of piperidine rings is 1. The molecule has 1 heterocycles. The summed E-state index contributed by atoms with van der Waals surface area (Å²) in [5.41, 5.74) is 5.57. The molecule has 1 atom stereocenters. The lowest BCUT2D eigenvalue weighted by molar-refractivity contribution is 0.155. The molecule has 0 aromatic heterocycles. The maximum atomic E-state index is 13.7. The van der Waals surface area contributed by atoms with Crippen LogP contribution in [0, 0.1) is 17.0 Å². The molecule has 1 unspecified atom stereocenters. The van der Waals surface area contributed by atoms with Crippen LogP contribution in [0.3, 0.4) is 0 Å². The quantitative estimate of drug-likeness (QED) is 0.905. The summed E-state index contributed by atoms with van der Waals surface area (Å²) in [6.07, 6.45) is 0.509. The van der Waals surface area contributed by atoms with Crippen LogP contribution in [0.25, 0.3) is 0 Å². The van der Waals surface area contributed by atoms with Gasteiger partial charge in [0.15, 0.2) is 0 Å². The van der Waals surface area contributed by atoms with Gasteiger partial charge in [-0.25, -0.2) is 17.2 Å². The second-order valence-electron chi connectivity index (χ2n) is 5.80. The molecular weight excluding hydrogens is 286 g/mol. The minimum absolute atomic E-state index is 0.105. The number of nitrogens with zero attached hydrogens (tertiary/aromatic N) is 1. The molecule has 1 saturated heterocycles. The smallest absolute Gasteiger partial charge is 0.246 e. The highest BCUT2D eigenvalue weighted by atomic mass is 32.2. The first-order valence-electron chi connectivity index (χ1n) is 6.35. The summed E-state index contributed by atoms with van der Waals surface area (Å²) in [7, 11) is -3.97. The third-order valence-corrected chi connectivity index (χ3v) is 5.67. The molecule has 112 valence electrons. The summed E-state index contributed by atoms with van der Waals surface area (Å²) in [5, 5.41) is 0. The second-order valence-corrected chi connectivity index (χ2v) is 7.70. The SMILES string of the molecule is CC1(C)CN(S(=O)(=O)c2ccc(F)cc2F)CCC1N. The van der Waals surface area contributed by atoms with Crippen LogP contribution in [0.5, 0.6) is 0 Å². The van der Waals surface area contributed by atoms with Gasteiger partial charge in [0.25, 0.3) is 0 Å². The topological polar surface area (TPSA) is 63.4 Å². The van der Waals surface area contributed by atoms with Gasteiger partial charge in [0, 0.05) is 25.2 Å². The van der Waals surface area contributed by atoms with Gasteiger partial charge in [0.2, 0.25) is 10.0 Å². The van der Waals surface area contributed by atoms with Crippen LogP contribution in [0.15, 0.2) is 23.1 Å². The van der Waals surface area contributed by atoms with E-state index in [0.717, 1.165) is 12.1 Å². The van der Waals surface area contributed by atoms with Crippen LogP contribution in [0.2, 0.25) is 0 Å². The molecule has 0 aliphatic carbocycles. The monoisotopic (exact) mass is 304 g/mol. The van der Waals surface area contributed by atoms with Crippen molar-refractivity contribution >= 4 is 10.0 Å². The summed E-state index contributed by atoms with van der Waals surface area (Å²) in [4.78, 5) is -0.495. The molecule has 1 aromatic rings. The van der Waals surface area contributed by atoms with E-state index in [9.17, 15) is 17.2 Å². The molecule has 2 N–H and O–H groups in total. The summed E-state index contributed by atoms with van der Waals surface area (Å²) >= 11 is 0. The first-order chi connectivity index (χ1) is 9.14. The maximum absolute atomic E-state index is 13.7. The Morgan fingerprint density at radius 3 is 2.55 bits per heavy atom. The van der Waals surface area contributed by atoms with Crippen molar-refractivity contribution in [3.63, 3.8) is 0 Å². The van der Waals surface area contributed by atoms with Gasteiger partial charge in [-0.1, -0.05) is 13.8 Å². The van der Waals surface area contributed by atoms with Gasteiger partial charge in [-0.15, -0.1) is 0 Å². The highest BCUT2D eigenvalue weighted by Gasteiger charge is 2.39. The predicted molar refractivity (Wildman–Crippen MR) is 71.5 cm³/mol. The average molecular weight is 304 g/mol. The van der Waals surface area contributed by atoms with E-state index in [1.807, 2.05) is 13.8 Å². The lowest BCUT2D eigenvalue weighted by atomic mass is 9.81. The van der Waals surface area contributed by atoms with E-state index in [0.29, 0.717) is 12.5 Å². The zero-order valence-electron chi connectivity index (χ0n) is 11.4. The van der Waals surface area contributed by atoms with Crippen LogP contribution >= 0.6 is 0 Å². The minimum Gasteiger partial charge on any atom is -0.327 e. The fraction of sp³-hybridized carbons (Fsp3) is 0.538. The number of halogens is 2. The molecule has 1 fully saturated rings. The van der Waals surface area contributed by atoms with E-state index in [1.165, 1.54) is 4.31 Å². The zero-order chi connectivity index (χ0) is 15.1. The lowest BCUT2D eigenvalue weighted by Crippen LogP contribution is -2.53. The minimum atomic E-state index is -3.97. The Kier molecular flexibility index (Phi) is 3.88. The first kappa shape index (κ1) is 15.3. The van der Waals surface area contributed by atoms with E-state index < -0.39 is 26.6 Å². The van der Waals surface area contributed by atoms with Gasteiger partial charge in [-0.2, -0.15) is 4.31 Å². The lowest BCUT2D eigenvalue weighted by Gasteiger charge is -2.41. The zero-order valence-corrected chi connectivity index (χ0v) is 12.3. The average Bonchev–Trinajstić information content (AvgIpc) is 2.31. The fourth-order valence-corrected chi connectivity index (χ4v) is 4.03. The highest BCUT2D eigenvalue weighted by molar-refractivity contribution is 7.89. The molecule has 20 heavy (non-hydrogen) atoms. The van der Waals surface area contributed by atoms with Crippen molar-refractivity contribution in [3.05, 3.63) is 29.8 Å². The predicted octanol–water partition coefficient (Wildman–Crippen LogP) is 1.71. The Morgan fingerprint density at radius 2 is 2.00 bits per heavy atom. The van der Waals surface area contributed by atoms with E-state index in [-0.39, 0.29) is 24.5 Å². The molecule has 7 heteroatoms. The van der Waals surface area contributed by atoms with Crippen LogP contribution < -0.4 is 5.73 Å². The van der Waals surface area contributed by atoms with Gasteiger partial charge >= 0.3 is 0 Å². The summed E-state index contributed by atoms with van der Waals surface area (Å²) in [6, 6.07) is 2.37. The van der Waals surface area contributed by atoms with Crippen molar-refractivity contribution in [2.24, 2.45) is 11.1 Å². The highest BCUT2D eigenvalue weighted by Crippen LogP contribution is 2.31. The van der Waals surface area contributed by atoms with E-state index >= 15 is 0 Å². The molecule has 1 aliphatic heterocycles. The molecular formula is C13H18F2N2O2S. The van der Waals surface area contributed by atoms with Gasteiger partial charge in [0.05, 0.1) is 0 Å². The van der Waals surface area contributed by atoms with Crippen LogP contribution in [-0.4, -0.2) is 31.9 Å². The molecule has 0 bridgehead atoms. The van der Waals surface area contributed by atoms with Crippen molar-refractivity contribution < 1.29 is 17.2 Å². The van der Waals surface area contributed by atoms with E-state index in [2.05, 4.69) is 0 Å². The molecule has 1 aliphatic rings. The Bertz CT molecular complexity index is 617. The van der Waals surface area contributed by atoms with Crippen molar-refractivity contribution in [1.29, 1.82) is 0 Å². The third-order valence-electron chi connectivity index (χ3n) is 3.79. The Morgan fingerprint density at radius 1 is 1.35 bits per heavy atom. The Balaban J connectivity index is 2.36. The molecule has 0 spiro atoms. The standard InChI is InChI=1S/C13H18F2N2O2S/c1-13(2)8-17(6-5-12(13)16)20(18,19)11-4-3-9(14)7-10(11)15/h3-4,7,12H,5-6,8,16H2,1-2H3. The van der Waals surface area contributed by atoms with Gasteiger partial charge in [-0.3, -0.25) is 0 Å². The molecule has 4 nitrogen and oxygen atoms in total. The van der Waals surface area contributed by atoms with E-state index in [4.69, 9.17) is 5.73 Å². The number of sulfonamides is 1. The maximum Gasteiger partial charge on any atom is 0.246 e. The fourth-order valence-electron chi connectivity index (χ4n) is 2.35. The number of hydrogen-bond donors (Lipinski definition) is 1. The number of benzene rings is 1. The third kappa shape index (κ3) is 2.70. The molecule has 1 aromatic carbocycles. The van der Waals surface area contributed by atoms with Crippen LogP contribution in [-0.2, 0) is 10.0 Å². The summed E-state index contributed by atoms with van der Waals surface area (Å²) in [6.45, 7) is 4.21. The van der Waals surface area contributed by atoms with Crippen molar-refractivity contribution in [1.82, 2.24) is 4.31 Å². The van der Waals surface area contributed by atoms with Gasteiger partial charge in [-0.05, 0) is 24.0 Å². The van der Waals surface area contributed by atoms with Crippen molar-refractivity contribution in [3.8, 4) is 0 Å². The second kappa shape index (κ2) is 5.05. The summed E-state index contributed by atoms with van der Waals surface area (Å²) in [5.74, 6) is -1.87. The largest absolute Gasteiger partial charge is 0.327 e. The van der Waals surface area contributed by atoms with Crippen molar-refractivity contribution in [2.45, 2.75) is 31.2 Å². The van der Waals surface area contributed by atoms with Gasteiger partial charge < -0.3 is 5.73 Å². The number of hydrogen-bond acceptors (Lipinski definition) is 3. The molecule has 0 amide bonds. The Hall–Kier alpha value is -1.05. The van der Waals surface area contributed by atoms with Crippen molar-refractivity contribution in [2.75, 3.05) is 13.1 Å². The van der Waals surface area contributed by atoms with E-state index in [1.54, 1.807) is 0 Å². The molecule has 0 radical (unpaired) electrons. The summed E-state index contributed by atoms with van der Waals surface area (Å²) < 4.78 is 52.7. The number of nitrogens with two attached hydrogens (primary N) is 1.